The van der Waals surface area contributed by atoms with Crippen molar-refractivity contribution in [1.82, 2.24) is 10.2 Å². The van der Waals surface area contributed by atoms with E-state index in [9.17, 15) is 0 Å². The molecule has 3 heterocycles. The molecule has 4 nitrogen and oxygen atoms in total. The normalized spacial score (nSPS) is 25.5. The van der Waals surface area contributed by atoms with Gasteiger partial charge in [0.05, 0.1) is 11.9 Å². The molecule has 1 N–H and O–H groups in total. The summed E-state index contributed by atoms with van der Waals surface area (Å²) < 4.78 is 0. The number of allylic oxidation sites excluding steroid dienone is 1. The van der Waals surface area contributed by atoms with E-state index in [1.54, 1.807) is 0 Å². The number of nitrogens with zero attached hydrogens (tertiary/aromatic N) is 3. The number of fused-ring (bicyclic) bond motifs is 2. The lowest BCUT2D eigenvalue weighted by molar-refractivity contribution is 0.299. The molecule has 0 radical (unpaired) electrons. The van der Waals surface area contributed by atoms with Gasteiger partial charge in [0.25, 0.3) is 0 Å². The predicted octanol–water partition coefficient (Wildman–Crippen LogP) is 3.89. The minimum Gasteiger partial charge on any atom is -0.314 e. The second kappa shape index (κ2) is 5.64. The van der Waals surface area contributed by atoms with Gasteiger partial charge >= 0.3 is 0 Å². The molecule has 0 saturated heterocycles. The molecular formula is C20H24N4. The fourth-order valence-corrected chi connectivity index (χ4v) is 3.47. The number of hydrogen-bond donors (Lipinski definition) is 1. The van der Waals surface area contributed by atoms with E-state index in [1.807, 2.05) is 12.3 Å². The Kier molecular flexibility index (Phi) is 3.57. The van der Waals surface area contributed by atoms with E-state index in [0.717, 1.165) is 25.2 Å². The van der Waals surface area contributed by atoms with Gasteiger partial charge < -0.3 is 15.1 Å². The Morgan fingerprint density at radius 3 is 2.71 bits per heavy atom. The number of hydrogen-bond acceptors (Lipinski definition) is 4. The lowest BCUT2D eigenvalue weighted by Crippen LogP contribution is -2.51. The summed E-state index contributed by atoms with van der Waals surface area (Å²) in [4.78, 5) is 9.12. The Morgan fingerprint density at radius 1 is 1.17 bits per heavy atom. The summed E-state index contributed by atoms with van der Waals surface area (Å²) in [7, 11) is 0. The van der Waals surface area contributed by atoms with Crippen molar-refractivity contribution >= 4 is 11.9 Å². The van der Waals surface area contributed by atoms with Gasteiger partial charge in [0.1, 0.15) is 0 Å². The quantitative estimate of drug-likeness (QED) is 0.897. The Hall–Kier alpha value is -2.33. The fourth-order valence-electron chi connectivity index (χ4n) is 3.47. The molecule has 0 bridgehead atoms. The molecule has 0 spiro atoms. The molecule has 0 aromatic heterocycles. The average molecular weight is 320 g/mol. The summed E-state index contributed by atoms with van der Waals surface area (Å²) in [5.41, 5.74) is 5.26. The van der Waals surface area contributed by atoms with E-state index >= 15 is 0 Å². The van der Waals surface area contributed by atoms with Gasteiger partial charge in [-0.25, -0.2) is 4.99 Å². The number of rotatable bonds is 2. The zero-order chi connectivity index (χ0) is 16.7. The summed E-state index contributed by atoms with van der Waals surface area (Å²) in [5, 5.41) is 3.73. The van der Waals surface area contributed by atoms with Crippen molar-refractivity contribution in [2.24, 2.45) is 4.99 Å². The summed E-state index contributed by atoms with van der Waals surface area (Å²) >= 11 is 0. The maximum Gasteiger partial charge on any atom is 0.153 e. The maximum absolute atomic E-state index is 4.59. The Morgan fingerprint density at radius 2 is 1.96 bits per heavy atom. The second-order valence-corrected chi connectivity index (χ2v) is 7.02. The van der Waals surface area contributed by atoms with Crippen LogP contribution in [0.4, 0.5) is 5.69 Å². The minimum absolute atomic E-state index is 0.134. The monoisotopic (exact) mass is 320 g/mol. The highest BCUT2D eigenvalue weighted by Crippen LogP contribution is 2.39. The summed E-state index contributed by atoms with van der Waals surface area (Å²) in [6.07, 6.45) is 10.2. The van der Waals surface area contributed by atoms with Crippen LogP contribution in [0.3, 0.4) is 0 Å². The molecular weight excluding hydrogens is 296 g/mol. The first-order chi connectivity index (χ1) is 11.6. The van der Waals surface area contributed by atoms with Crippen molar-refractivity contribution in [3.05, 3.63) is 65.5 Å². The Balaban J connectivity index is 1.80. The van der Waals surface area contributed by atoms with Crippen LogP contribution in [-0.2, 0) is 0 Å². The van der Waals surface area contributed by atoms with Crippen LogP contribution in [0.2, 0.25) is 0 Å². The summed E-state index contributed by atoms with van der Waals surface area (Å²) in [6.45, 7) is 7.54. The molecule has 0 fully saturated rings. The molecule has 4 rings (SSSR count). The van der Waals surface area contributed by atoms with Crippen molar-refractivity contribution < 1.29 is 0 Å². The van der Waals surface area contributed by atoms with Gasteiger partial charge in [-0.15, -0.1) is 0 Å². The van der Waals surface area contributed by atoms with Crippen LogP contribution in [-0.4, -0.2) is 23.2 Å². The van der Waals surface area contributed by atoms with Crippen LogP contribution in [0.5, 0.6) is 0 Å². The fraction of sp³-hybridized carbons (Fsp3) is 0.350. The van der Waals surface area contributed by atoms with E-state index in [4.69, 9.17) is 0 Å². The third kappa shape index (κ3) is 2.47. The van der Waals surface area contributed by atoms with Crippen molar-refractivity contribution in [1.29, 1.82) is 0 Å². The van der Waals surface area contributed by atoms with Gasteiger partial charge in [-0.2, -0.15) is 0 Å². The summed E-state index contributed by atoms with van der Waals surface area (Å²) in [5.74, 6) is 0.983. The molecule has 3 aliphatic rings. The first-order valence-corrected chi connectivity index (χ1v) is 8.64. The van der Waals surface area contributed by atoms with E-state index in [1.165, 1.54) is 22.6 Å². The number of nitrogens with one attached hydrogen (secondary N) is 1. The second-order valence-electron chi connectivity index (χ2n) is 7.02. The Labute approximate surface area is 143 Å². The van der Waals surface area contributed by atoms with E-state index in [-0.39, 0.29) is 5.54 Å². The highest BCUT2D eigenvalue weighted by Gasteiger charge is 2.36. The standard InChI is InChI=1S/C20H24N4/c1-4-20(3)12-17-18(13-22-20)24(16-8-6-15(2)7-9-16)14-19-21-10-5-11-23(17)19/h5-11,14,22H,4,12-13H2,1-3H3. The van der Waals surface area contributed by atoms with Crippen LogP contribution in [0.15, 0.2) is 64.9 Å². The van der Waals surface area contributed by atoms with Crippen LogP contribution in [0.25, 0.3) is 0 Å². The van der Waals surface area contributed by atoms with E-state index < -0.39 is 0 Å². The van der Waals surface area contributed by atoms with Crippen LogP contribution in [0, 0.1) is 6.92 Å². The number of aliphatic imine (C=N–C) groups is 1. The lowest BCUT2D eigenvalue weighted by atomic mass is 9.87. The van der Waals surface area contributed by atoms with Crippen molar-refractivity contribution in [3.8, 4) is 0 Å². The first kappa shape index (κ1) is 15.2. The molecule has 0 saturated carbocycles. The maximum atomic E-state index is 4.59. The Bertz CT molecular complexity index is 769. The smallest absolute Gasteiger partial charge is 0.153 e. The molecule has 4 heteroatoms. The third-order valence-electron chi connectivity index (χ3n) is 5.27. The van der Waals surface area contributed by atoms with E-state index in [2.05, 4.69) is 77.5 Å². The van der Waals surface area contributed by atoms with E-state index in [0.29, 0.717) is 0 Å². The summed E-state index contributed by atoms with van der Waals surface area (Å²) in [6, 6.07) is 8.69. The molecule has 24 heavy (non-hydrogen) atoms. The van der Waals surface area contributed by atoms with Gasteiger partial charge in [-0.05, 0) is 38.5 Å². The predicted molar refractivity (Wildman–Crippen MR) is 99.6 cm³/mol. The molecule has 1 unspecified atom stereocenters. The topological polar surface area (TPSA) is 30.9 Å². The molecule has 1 aromatic carbocycles. The van der Waals surface area contributed by atoms with Crippen LogP contribution >= 0.6 is 0 Å². The van der Waals surface area contributed by atoms with Crippen LogP contribution in [0.1, 0.15) is 32.3 Å². The van der Waals surface area contributed by atoms with Crippen molar-refractivity contribution in [3.63, 3.8) is 0 Å². The number of benzene rings is 1. The van der Waals surface area contributed by atoms with Crippen LogP contribution < -0.4 is 10.2 Å². The number of anilines is 1. The SMILES string of the molecule is CCC1(C)CC2=C(CN1)N(c1ccc(C)cc1)C=C1N=CC=CN12. The largest absolute Gasteiger partial charge is 0.314 e. The average Bonchev–Trinajstić information content (AvgIpc) is 2.62. The van der Waals surface area contributed by atoms with Gasteiger partial charge in [0.15, 0.2) is 5.82 Å². The first-order valence-electron chi connectivity index (χ1n) is 8.64. The zero-order valence-corrected chi connectivity index (χ0v) is 14.6. The molecule has 1 aromatic rings. The van der Waals surface area contributed by atoms with Gasteiger partial charge in [0.2, 0.25) is 0 Å². The lowest BCUT2D eigenvalue weighted by Gasteiger charge is -2.45. The number of aryl methyl sites for hydroxylation is 1. The van der Waals surface area contributed by atoms with Gasteiger partial charge in [-0.3, -0.25) is 0 Å². The highest BCUT2D eigenvalue weighted by molar-refractivity contribution is 5.74. The van der Waals surface area contributed by atoms with Crippen molar-refractivity contribution in [2.45, 2.75) is 39.2 Å². The highest BCUT2D eigenvalue weighted by atomic mass is 15.3. The third-order valence-corrected chi connectivity index (χ3v) is 5.27. The minimum atomic E-state index is 0.134. The molecule has 3 aliphatic heterocycles. The molecule has 0 amide bonds. The molecule has 124 valence electrons. The van der Waals surface area contributed by atoms with Gasteiger partial charge in [-0.1, -0.05) is 24.6 Å². The molecule has 0 aliphatic carbocycles. The zero-order valence-electron chi connectivity index (χ0n) is 14.6. The van der Waals surface area contributed by atoms with Crippen molar-refractivity contribution in [2.75, 3.05) is 11.4 Å². The van der Waals surface area contributed by atoms with Gasteiger partial charge in [0, 0.05) is 42.3 Å². The molecule has 1 atom stereocenters.